The number of benzene rings is 2. The molecule has 2 amide bonds. The number of nitrogens with zero attached hydrogens (tertiary/aromatic N) is 1. The molecular formula is C22H26N2O4. The lowest BCUT2D eigenvalue weighted by molar-refractivity contribution is -0.125. The van der Waals surface area contributed by atoms with E-state index in [9.17, 15) is 9.59 Å². The van der Waals surface area contributed by atoms with Gasteiger partial charge in [-0.1, -0.05) is 19.8 Å². The first-order valence-corrected chi connectivity index (χ1v) is 9.62. The Morgan fingerprint density at radius 2 is 1.93 bits per heavy atom. The van der Waals surface area contributed by atoms with Crippen LogP contribution in [0.15, 0.2) is 42.5 Å². The molecule has 148 valence electrons. The van der Waals surface area contributed by atoms with Crippen LogP contribution in [-0.4, -0.2) is 31.6 Å². The molecule has 1 heterocycles. The number of hydrogen-bond donors (Lipinski definition) is 1. The van der Waals surface area contributed by atoms with Gasteiger partial charge in [-0.05, 0) is 55.8 Å². The summed E-state index contributed by atoms with van der Waals surface area (Å²) in [6.45, 7) is 4.55. The molecule has 1 aliphatic rings. The van der Waals surface area contributed by atoms with Gasteiger partial charge >= 0.3 is 0 Å². The summed E-state index contributed by atoms with van der Waals surface area (Å²) in [6, 6.07) is 12.3. The van der Waals surface area contributed by atoms with Crippen molar-refractivity contribution in [1.82, 2.24) is 0 Å². The number of anilines is 2. The fraction of sp³-hybridized carbons (Fsp3) is 0.364. The summed E-state index contributed by atoms with van der Waals surface area (Å²) in [7, 11) is 1.70. The third-order valence-electron chi connectivity index (χ3n) is 4.69. The molecule has 2 aromatic carbocycles. The zero-order valence-electron chi connectivity index (χ0n) is 16.5. The normalized spacial score (nSPS) is 15.6. The average molecular weight is 382 g/mol. The van der Waals surface area contributed by atoms with E-state index in [1.54, 1.807) is 61.3 Å². The Morgan fingerprint density at radius 3 is 2.64 bits per heavy atom. The van der Waals surface area contributed by atoms with Gasteiger partial charge in [0.2, 0.25) is 0 Å². The Morgan fingerprint density at radius 1 is 1.18 bits per heavy atom. The molecule has 0 aromatic heterocycles. The molecule has 0 spiro atoms. The van der Waals surface area contributed by atoms with E-state index >= 15 is 0 Å². The van der Waals surface area contributed by atoms with Crippen molar-refractivity contribution in [1.29, 1.82) is 0 Å². The van der Waals surface area contributed by atoms with Gasteiger partial charge in [-0.25, -0.2) is 0 Å². The van der Waals surface area contributed by atoms with E-state index in [1.165, 1.54) is 0 Å². The summed E-state index contributed by atoms with van der Waals surface area (Å²) in [5, 5.41) is 2.86. The lowest BCUT2D eigenvalue weighted by Gasteiger charge is -2.30. The van der Waals surface area contributed by atoms with Gasteiger partial charge in [0.25, 0.3) is 11.8 Å². The number of hydrogen-bond acceptors (Lipinski definition) is 4. The van der Waals surface area contributed by atoms with Crippen LogP contribution >= 0.6 is 0 Å². The van der Waals surface area contributed by atoms with Crippen LogP contribution in [0.4, 0.5) is 11.4 Å². The molecule has 1 aliphatic heterocycles. The molecular weight excluding hydrogens is 356 g/mol. The fourth-order valence-electron chi connectivity index (χ4n) is 3.04. The van der Waals surface area contributed by atoms with Crippen LogP contribution < -0.4 is 19.7 Å². The van der Waals surface area contributed by atoms with Crippen LogP contribution in [0.5, 0.6) is 11.5 Å². The Hall–Kier alpha value is -3.02. The molecule has 0 bridgehead atoms. The minimum Gasteiger partial charge on any atom is -0.494 e. The van der Waals surface area contributed by atoms with Gasteiger partial charge in [0.05, 0.1) is 12.3 Å². The van der Waals surface area contributed by atoms with Crippen LogP contribution in [0, 0.1) is 0 Å². The molecule has 6 heteroatoms. The molecule has 28 heavy (non-hydrogen) atoms. The molecule has 0 saturated carbocycles. The quantitative estimate of drug-likeness (QED) is 0.727. The monoisotopic (exact) mass is 382 g/mol. The summed E-state index contributed by atoms with van der Waals surface area (Å²) in [6.07, 6.45) is 2.81. The smallest absolute Gasteiger partial charge is 0.267 e. The second-order valence-electron chi connectivity index (χ2n) is 6.87. The number of rotatable bonds is 7. The second kappa shape index (κ2) is 8.78. The van der Waals surface area contributed by atoms with E-state index in [1.807, 2.05) is 0 Å². The van der Waals surface area contributed by atoms with Gasteiger partial charge in [-0.15, -0.1) is 0 Å². The van der Waals surface area contributed by atoms with E-state index in [2.05, 4.69) is 12.2 Å². The van der Waals surface area contributed by atoms with Gasteiger partial charge in [0.15, 0.2) is 6.10 Å². The highest BCUT2D eigenvalue weighted by molar-refractivity contribution is 6.05. The minimum atomic E-state index is -0.513. The SMILES string of the molecule is CCCCCOc1ccc(C(=O)Nc2ccc3c(c2)N(C)C(=O)[C@H](C)O3)cc1. The first-order chi connectivity index (χ1) is 13.5. The number of amides is 2. The van der Waals surface area contributed by atoms with E-state index in [-0.39, 0.29) is 11.8 Å². The maximum Gasteiger partial charge on any atom is 0.267 e. The van der Waals surface area contributed by atoms with Gasteiger partial charge in [0.1, 0.15) is 11.5 Å². The fourth-order valence-corrected chi connectivity index (χ4v) is 3.04. The standard InChI is InChI=1S/C22H26N2O4/c1-4-5-6-13-27-18-10-7-16(8-11-18)21(25)23-17-9-12-20-19(14-17)24(3)22(26)15(2)28-20/h7-12,14-15H,4-6,13H2,1-3H3,(H,23,25)/t15-/m0/s1. The number of carbonyl (C=O) groups excluding carboxylic acids is 2. The van der Waals surface area contributed by atoms with Crippen molar-refractivity contribution in [3.63, 3.8) is 0 Å². The first kappa shape index (κ1) is 19.7. The summed E-state index contributed by atoms with van der Waals surface area (Å²) in [5.41, 5.74) is 1.77. The van der Waals surface area contributed by atoms with E-state index in [0.717, 1.165) is 25.0 Å². The predicted molar refractivity (Wildman–Crippen MR) is 109 cm³/mol. The minimum absolute atomic E-state index is 0.120. The number of fused-ring (bicyclic) bond motifs is 1. The molecule has 0 radical (unpaired) electrons. The van der Waals surface area contributed by atoms with E-state index in [4.69, 9.17) is 9.47 Å². The van der Waals surface area contributed by atoms with E-state index < -0.39 is 6.10 Å². The molecule has 2 aromatic rings. The summed E-state index contributed by atoms with van der Waals surface area (Å²) >= 11 is 0. The number of carbonyl (C=O) groups is 2. The van der Waals surface area contributed by atoms with Gasteiger partial charge in [-0.2, -0.15) is 0 Å². The summed E-state index contributed by atoms with van der Waals surface area (Å²) in [4.78, 5) is 26.2. The number of likely N-dealkylation sites (N-methyl/N-ethyl adjacent to an activating group) is 1. The average Bonchev–Trinajstić information content (AvgIpc) is 2.70. The summed E-state index contributed by atoms with van der Waals surface area (Å²) in [5.74, 6) is 1.03. The first-order valence-electron chi connectivity index (χ1n) is 9.62. The molecule has 0 unspecified atom stereocenters. The van der Waals surface area contributed by atoms with Crippen molar-refractivity contribution in [2.75, 3.05) is 23.9 Å². The Kier molecular flexibility index (Phi) is 6.19. The highest BCUT2D eigenvalue weighted by Gasteiger charge is 2.29. The molecule has 1 N–H and O–H groups in total. The Labute approximate surface area is 165 Å². The lowest BCUT2D eigenvalue weighted by atomic mass is 10.1. The Balaban J connectivity index is 1.64. The van der Waals surface area contributed by atoms with Crippen molar-refractivity contribution in [3.05, 3.63) is 48.0 Å². The van der Waals surface area contributed by atoms with Crippen LogP contribution in [0.2, 0.25) is 0 Å². The third-order valence-corrected chi connectivity index (χ3v) is 4.69. The third kappa shape index (κ3) is 4.44. The highest BCUT2D eigenvalue weighted by atomic mass is 16.5. The molecule has 0 aliphatic carbocycles. The number of nitrogens with one attached hydrogen (secondary N) is 1. The maximum atomic E-state index is 12.5. The largest absolute Gasteiger partial charge is 0.494 e. The second-order valence-corrected chi connectivity index (χ2v) is 6.87. The number of ether oxygens (including phenoxy) is 2. The molecule has 0 saturated heterocycles. The predicted octanol–water partition coefficient (Wildman–Crippen LogP) is 4.25. The number of unbranched alkanes of at least 4 members (excludes halogenated alkanes) is 2. The molecule has 3 rings (SSSR count). The van der Waals surface area contributed by atoms with Crippen LogP contribution in [-0.2, 0) is 4.79 Å². The van der Waals surface area contributed by atoms with Crippen molar-refractivity contribution in [3.8, 4) is 11.5 Å². The Bertz CT molecular complexity index is 848. The molecule has 1 atom stereocenters. The van der Waals surface area contributed by atoms with Crippen molar-refractivity contribution < 1.29 is 19.1 Å². The topological polar surface area (TPSA) is 67.9 Å². The van der Waals surface area contributed by atoms with Gasteiger partial charge < -0.3 is 19.7 Å². The molecule has 6 nitrogen and oxygen atoms in total. The zero-order valence-corrected chi connectivity index (χ0v) is 16.5. The van der Waals surface area contributed by atoms with Crippen molar-refractivity contribution in [2.24, 2.45) is 0 Å². The van der Waals surface area contributed by atoms with Gasteiger partial charge in [-0.3, -0.25) is 9.59 Å². The highest BCUT2D eigenvalue weighted by Crippen LogP contribution is 2.35. The zero-order chi connectivity index (χ0) is 20.1. The van der Waals surface area contributed by atoms with E-state index in [0.29, 0.717) is 29.3 Å². The molecule has 0 fully saturated rings. The van der Waals surface area contributed by atoms with Crippen LogP contribution in [0.25, 0.3) is 0 Å². The van der Waals surface area contributed by atoms with Gasteiger partial charge in [0, 0.05) is 18.3 Å². The lowest BCUT2D eigenvalue weighted by Crippen LogP contribution is -2.41. The van der Waals surface area contributed by atoms with Crippen LogP contribution in [0.3, 0.4) is 0 Å². The maximum absolute atomic E-state index is 12.5. The van der Waals surface area contributed by atoms with Crippen molar-refractivity contribution >= 4 is 23.2 Å². The summed E-state index contributed by atoms with van der Waals surface area (Å²) < 4.78 is 11.3. The van der Waals surface area contributed by atoms with Crippen molar-refractivity contribution in [2.45, 2.75) is 39.2 Å². The van der Waals surface area contributed by atoms with Crippen LogP contribution in [0.1, 0.15) is 43.5 Å².